The molecule has 14 heavy (non-hydrogen) atoms. The van der Waals surface area contributed by atoms with Gasteiger partial charge in [0.15, 0.2) is 9.58 Å². The molecular formula is C11H16FIO. The largest absolute Gasteiger partial charge is 0.452 e. The summed E-state index contributed by atoms with van der Waals surface area (Å²) in [7, 11) is 0. The van der Waals surface area contributed by atoms with Crippen molar-refractivity contribution in [3.63, 3.8) is 0 Å². The third-order valence-corrected chi connectivity index (χ3v) is 3.20. The summed E-state index contributed by atoms with van der Waals surface area (Å²) in [6.45, 7) is 6.34. The summed E-state index contributed by atoms with van der Waals surface area (Å²) < 4.78 is 18.8. The fraction of sp³-hybridized carbons (Fsp3) is 0.636. The van der Waals surface area contributed by atoms with Crippen LogP contribution in [0.3, 0.4) is 0 Å². The first-order chi connectivity index (χ1) is 6.47. The van der Waals surface area contributed by atoms with Gasteiger partial charge in [0.1, 0.15) is 5.76 Å². The van der Waals surface area contributed by atoms with Gasteiger partial charge in [0, 0.05) is 34.1 Å². The van der Waals surface area contributed by atoms with Crippen molar-refractivity contribution >= 4 is 22.6 Å². The molecule has 0 radical (unpaired) electrons. The summed E-state index contributed by atoms with van der Waals surface area (Å²) in [4.78, 5) is 0. The lowest BCUT2D eigenvalue weighted by molar-refractivity contribution is 0.345. The van der Waals surface area contributed by atoms with Gasteiger partial charge in [-0.15, -0.1) is 0 Å². The van der Waals surface area contributed by atoms with Crippen LogP contribution in [-0.2, 0) is 5.41 Å². The van der Waals surface area contributed by atoms with E-state index in [1.807, 2.05) is 22.6 Å². The highest BCUT2D eigenvalue weighted by Crippen LogP contribution is 2.32. The van der Waals surface area contributed by atoms with Crippen LogP contribution in [0.1, 0.15) is 45.8 Å². The average Bonchev–Trinajstić information content (AvgIpc) is 2.45. The maximum atomic E-state index is 13.1. The fourth-order valence-corrected chi connectivity index (χ4v) is 1.81. The van der Waals surface area contributed by atoms with Gasteiger partial charge in [-0.1, -0.05) is 33.6 Å². The molecule has 0 aliphatic rings. The molecule has 0 saturated carbocycles. The van der Waals surface area contributed by atoms with Crippen LogP contribution in [0.2, 0.25) is 0 Å². The van der Waals surface area contributed by atoms with Crippen molar-refractivity contribution in [2.75, 3.05) is 0 Å². The molecule has 0 spiro atoms. The van der Waals surface area contributed by atoms with E-state index in [9.17, 15) is 4.39 Å². The molecule has 1 aromatic heterocycles. The number of hydrogen-bond donors (Lipinski definition) is 0. The van der Waals surface area contributed by atoms with Gasteiger partial charge in [-0.2, -0.15) is 0 Å². The van der Waals surface area contributed by atoms with E-state index >= 15 is 0 Å². The minimum absolute atomic E-state index is 0.0553. The molecule has 1 aromatic rings. The Kier molecular flexibility index (Phi) is 3.98. The van der Waals surface area contributed by atoms with E-state index < -0.39 is 0 Å². The molecule has 0 amide bonds. The second-order valence-electron chi connectivity index (χ2n) is 4.22. The zero-order valence-electron chi connectivity index (χ0n) is 8.86. The number of furan rings is 1. The highest BCUT2D eigenvalue weighted by Gasteiger charge is 2.25. The Morgan fingerprint density at radius 3 is 2.57 bits per heavy atom. The van der Waals surface area contributed by atoms with Gasteiger partial charge in [-0.3, -0.25) is 0 Å². The van der Waals surface area contributed by atoms with Crippen LogP contribution in [0.15, 0.2) is 10.5 Å². The van der Waals surface area contributed by atoms with Crippen LogP contribution in [0, 0.1) is 9.58 Å². The third-order valence-electron chi connectivity index (χ3n) is 2.47. The zero-order valence-corrected chi connectivity index (χ0v) is 11.0. The molecule has 1 rings (SSSR count). The first-order valence-corrected chi connectivity index (χ1v) is 6.00. The van der Waals surface area contributed by atoms with Gasteiger partial charge in [0.2, 0.25) is 0 Å². The van der Waals surface area contributed by atoms with Crippen LogP contribution in [0.5, 0.6) is 0 Å². The highest BCUT2D eigenvalue weighted by atomic mass is 127. The SMILES string of the molecule is CCCCC(C)(C)c1cc(F)c(I)o1. The van der Waals surface area contributed by atoms with E-state index in [1.54, 1.807) is 0 Å². The molecule has 0 aromatic carbocycles. The molecule has 80 valence electrons. The molecule has 0 bridgehead atoms. The number of halogens is 2. The zero-order chi connectivity index (χ0) is 10.8. The minimum atomic E-state index is -0.245. The molecule has 1 heterocycles. The monoisotopic (exact) mass is 310 g/mol. The van der Waals surface area contributed by atoms with Crippen molar-refractivity contribution in [1.29, 1.82) is 0 Å². The van der Waals surface area contributed by atoms with Gasteiger partial charge < -0.3 is 4.42 Å². The maximum Gasteiger partial charge on any atom is 0.199 e. The van der Waals surface area contributed by atoms with E-state index in [0.717, 1.165) is 25.0 Å². The summed E-state index contributed by atoms with van der Waals surface area (Å²) in [6.07, 6.45) is 3.34. The van der Waals surface area contributed by atoms with E-state index in [2.05, 4.69) is 20.8 Å². The molecule has 0 fully saturated rings. The average molecular weight is 310 g/mol. The standard InChI is InChI=1S/C11H16FIO/c1-4-5-6-11(2,3)9-7-8(12)10(13)14-9/h7H,4-6H2,1-3H3. The summed E-state index contributed by atoms with van der Waals surface area (Å²) in [5.41, 5.74) is -0.0553. The topological polar surface area (TPSA) is 13.1 Å². The Hall–Kier alpha value is -0.0600. The number of hydrogen-bond acceptors (Lipinski definition) is 1. The van der Waals surface area contributed by atoms with Gasteiger partial charge >= 0.3 is 0 Å². The highest BCUT2D eigenvalue weighted by molar-refractivity contribution is 14.1. The Bertz CT molecular complexity index is 285. The molecule has 1 nitrogen and oxygen atoms in total. The first-order valence-electron chi connectivity index (χ1n) is 4.92. The molecule has 0 N–H and O–H groups in total. The van der Waals surface area contributed by atoms with E-state index in [0.29, 0.717) is 3.77 Å². The minimum Gasteiger partial charge on any atom is -0.452 e. The summed E-state index contributed by atoms with van der Waals surface area (Å²) >= 11 is 1.88. The molecule has 3 heteroatoms. The predicted octanol–water partition coefficient (Wildman–Crippen LogP) is 4.49. The van der Waals surface area contributed by atoms with Gasteiger partial charge in [-0.25, -0.2) is 4.39 Å². The molecule has 0 aliphatic heterocycles. The van der Waals surface area contributed by atoms with Gasteiger partial charge in [0.05, 0.1) is 0 Å². The summed E-state index contributed by atoms with van der Waals surface area (Å²) in [5.74, 6) is 0.512. The van der Waals surface area contributed by atoms with Crippen molar-refractivity contribution in [3.05, 3.63) is 21.4 Å². The second-order valence-corrected chi connectivity index (χ2v) is 5.20. The predicted molar refractivity (Wildman–Crippen MR) is 63.9 cm³/mol. The van der Waals surface area contributed by atoms with Crippen LogP contribution < -0.4 is 0 Å². The smallest absolute Gasteiger partial charge is 0.199 e. The van der Waals surface area contributed by atoms with Crippen LogP contribution >= 0.6 is 22.6 Å². The lowest BCUT2D eigenvalue weighted by Crippen LogP contribution is -2.15. The lowest BCUT2D eigenvalue weighted by Gasteiger charge is -2.21. The molecule has 0 saturated heterocycles. The maximum absolute atomic E-state index is 13.1. The quantitative estimate of drug-likeness (QED) is 0.747. The Morgan fingerprint density at radius 1 is 1.50 bits per heavy atom. The fourth-order valence-electron chi connectivity index (χ4n) is 1.42. The second kappa shape index (κ2) is 4.64. The normalized spacial score (nSPS) is 12.1. The van der Waals surface area contributed by atoms with E-state index in [4.69, 9.17) is 4.42 Å². The molecule has 0 aliphatic carbocycles. The van der Waals surface area contributed by atoms with Gasteiger partial charge in [0.25, 0.3) is 0 Å². The van der Waals surface area contributed by atoms with Crippen LogP contribution in [-0.4, -0.2) is 0 Å². The first kappa shape index (κ1) is 12.0. The molecular weight excluding hydrogens is 294 g/mol. The van der Waals surface area contributed by atoms with Crippen LogP contribution in [0.25, 0.3) is 0 Å². The molecule has 0 atom stereocenters. The van der Waals surface area contributed by atoms with Crippen molar-refractivity contribution in [2.45, 2.75) is 45.4 Å². The van der Waals surface area contributed by atoms with Crippen molar-refractivity contribution in [2.24, 2.45) is 0 Å². The van der Waals surface area contributed by atoms with Crippen molar-refractivity contribution in [1.82, 2.24) is 0 Å². The van der Waals surface area contributed by atoms with E-state index in [-0.39, 0.29) is 11.2 Å². The summed E-state index contributed by atoms with van der Waals surface area (Å²) in [5, 5.41) is 0. The van der Waals surface area contributed by atoms with Crippen LogP contribution in [0.4, 0.5) is 4.39 Å². The number of unbranched alkanes of at least 4 members (excludes halogenated alkanes) is 1. The number of rotatable bonds is 4. The Balaban J connectivity index is 2.80. The van der Waals surface area contributed by atoms with Gasteiger partial charge in [-0.05, 0) is 6.42 Å². The Labute approximate surface area is 98.2 Å². The van der Waals surface area contributed by atoms with E-state index in [1.165, 1.54) is 6.07 Å². The summed E-state index contributed by atoms with van der Waals surface area (Å²) in [6, 6.07) is 1.51. The van der Waals surface area contributed by atoms with Crippen molar-refractivity contribution < 1.29 is 8.81 Å². The molecule has 0 unspecified atom stereocenters. The Morgan fingerprint density at radius 2 is 2.14 bits per heavy atom. The third kappa shape index (κ3) is 2.72. The van der Waals surface area contributed by atoms with Crippen molar-refractivity contribution in [3.8, 4) is 0 Å². The lowest BCUT2D eigenvalue weighted by atomic mass is 9.85.